The van der Waals surface area contributed by atoms with Crippen molar-refractivity contribution in [2.24, 2.45) is 29.1 Å². The van der Waals surface area contributed by atoms with Crippen LogP contribution in [0.4, 0.5) is 0 Å². The maximum absolute atomic E-state index is 13.3. The minimum Gasteiger partial charge on any atom is -0.461 e. The topological polar surface area (TPSA) is 65.0 Å². The molecule has 4 aliphatic rings. The molecule has 0 spiro atoms. The van der Waals surface area contributed by atoms with Gasteiger partial charge in [0.25, 0.3) is 0 Å². The Bertz CT molecular complexity index is 896. The fourth-order valence-electron chi connectivity index (χ4n) is 7.06. The summed E-state index contributed by atoms with van der Waals surface area (Å²) >= 11 is 0. The summed E-state index contributed by atoms with van der Waals surface area (Å²) in [6.45, 7) is 18.0. The molecule has 0 bridgehead atoms. The second-order valence-corrected chi connectivity index (χ2v) is 19.5. The molecule has 0 radical (unpaired) electrons. The summed E-state index contributed by atoms with van der Waals surface area (Å²) in [5.74, 6) is 1.43. The first-order valence-corrected chi connectivity index (χ1v) is 18.2. The molecule has 0 aromatic carbocycles. The molecule has 0 amide bonds. The van der Waals surface area contributed by atoms with Crippen LogP contribution in [0.3, 0.4) is 0 Å². The van der Waals surface area contributed by atoms with Crippen molar-refractivity contribution in [2.45, 2.75) is 142 Å². The Balaban J connectivity index is 1.45. The van der Waals surface area contributed by atoms with Crippen molar-refractivity contribution in [1.82, 2.24) is 0 Å². The van der Waals surface area contributed by atoms with E-state index in [1.807, 2.05) is 0 Å². The molecule has 6 heteroatoms. The van der Waals surface area contributed by atoms with E-state index in [-0.39, 0.29) is 40.7 Å². The Hall–Kier alpha value is -0.953. The van der Waals surface area contributed by atoms with Crippen molar-refractivity contribution in [3.05, 3.63) is 23.8 Å². The Morgan fingerprint density at radius 1 is 1.13 bits per heavy atom. The number of carbonyl (C=O) groups is 1. The lowest BCUT2D eigenvalue weighted by atomic mass is 9.65. The van der Waals surface area contributed by atoms with Gasteiger partial charge in [-0.15, -0.1) is 0 Å². The van der Waals surface area contributed by atoms with Crippen LogP contribution in [-0.2, 0) is 18.7 Å². The van der Waals surface area contributed by atoms with Crippen molar-refractivity contribution in [3.8, 4) is 0 Å². The molecule has 1 N–H and O–H groups in total. The number of esters is 1. The molecule has 216 valence electrons. The summed E-state index contributed by atoms with van der Waals surface area (Å²) in [7, 11) is -1.92. The van der Waals surface area contributed by atoms with Crippen LogP contribution in [0.5, 0.6) is 0 Å². The highest BCUT2D eigenvalue weighted by Crippen LogP contribution is 2.47. The van der Waals surface area contributed by atoms with Crippen molar-refractivity contribution in [2.75, 3.05) is 0 Å². The molecule has 1 saturated carbocycles. The van der Waals surface area contributed by atoms with Gasteiger partial charge in [-0.05, 0) is 86.9 Å². The lowest BCUT2D eigenvalue weighted by Crippen LogP contribution is -2.48. The van der Waals surface area contributed by atoms with Crippen LogP contribution in [0.15, 0.2) is 23.8 Å². The monoisotopic (exact) mass is 546 g/mol. The molecule has 4 rings (SSSR count). The van der Waals surface area contributed by atoms with Gasteiger partial charge in [-0.2, -0.15) is 0 Å². The van der Waals surface area contributed by atoms with Crippen molar-refractivity contribution < 1.29 is 23.8 Å². The molecular weight excluding hydrogens is 492 g/mol. The van der Waals surface area contributed by atoms with E-state index < -0.39 is 14.6 Å². The highest BCUT2D eigenvalue weighted by molar-refractivity contribution is 6.74. The molecule has 38 heavy (non-hydrogen) atoms. The van der Waals surface area contributed by atoms with Gasteiger partial charge >= 0.3 is 5.97 Å². The standard InChI is InChI=1S/C32H54O5Si/c1-21-17-23-12-11-22(2)26(29(23)27(18-21)36-30(34)32(6)15-9-10-16-32)14-13-24-19-25(20-28(33)35-24)37-38(7,8)31(3,4)5/h11-12,17,21-22,24-29,33H,9-10,13-16,18-20H2,1-8H3/t21-,22-,24+,25+,26-,27-,28?,29-/m0/s1. The zero-order valence-corrected chi connectivity index (χ0v) is 26.3. The minimum atomic E-state index is -1.92. The molecule has 0 aromatic heterocycles. The number of aliphatic hydroxyl groups is 1. The minimum absolute atomic E-state index is 0.0127. The second-order valence-electron chi connectivity index (χ2n) is 14.8. The van der Waals surface area contributed by atoms with Crippen LogP contribution < -0.4 is 0 Å². The smallest absolute Gasteiger partial charge is 0.312 e. The third-order valence-corrected chi connectivity index (χ3v) is 15.0. The predicted octanol–water partition coefficient (Wildman–Crippen LogP) is 7.55. The zero-order valence-electron chi connectivity index (χ0n) is 25.3. The van der Waals surface area contributed by atoms with Gasteiger partial charge in [0.1, 0.15) is 6.10 Å². The number of fused-ring (bicyclic) bond motifs is 1. The van der Waals surface area contributed by atoms with Gasteiger partial charge in [-0.3, -0.25) is 4.79 Å². The van der Waals surface area contributed by atoms with Gasteiger partial charge in [0.15, 0.2) is 14.6 Å². The third-order valence-electron chi connectivity index (χ3n) is 10.5. The van der Waals surface area contributed by atoms with Gasteiger partial charge in [-0.25, -0.2) is 0 Å². The average Bonchev–Trinajstić information content (AvgIpc) is 3.25. The van der Waals surface area contributed by atoms with Crippen LogP contribution >= 0.6 is 0 Å². The van der Waals surface area contributed by atoms with Gasteiger partial charge in [0.05, 0.1) is 17.6 Å². The quantitative estimate of drug-likeness (QED) is 0.264. The van der Waals surface area contributed by atoms with Gasteiger partial charge < -0.3 is 19.0 Å². The van der Waals surface area contributed by atoms with Crippen molar-refractivity contribution >= 4 is 14.3 Å². The Labute approximate surface area is 232 Å². The van der Waals surface area contributed by atoms with Crippen LogP contribution in [0.25, 0.3) is 0 Å². The first kappa shape index (κ1) is 30.0. The number of aliphatic hydroxyl groups excluding tert-OH is 1. The number of hydrogen-bond acceptors (Lipinski definition) is 5. The predicted molar refractivity (Wildman–Crippen MR) is 155 cm³/mol. The van der Waals surface area contributed by atoms with Gasteiger partial charge in [0, 0.05) is 12.3 Å². The maximum Gasteiger partial charge on any atom is 0.312 e. The number of carbonyl (C=O) groups excluding carboxylic acids is 1. The average molecular weight is 547 g/mol. The SMILES string of the molecule is C[C@H]1C=C2C=C[C@H](C)[C@H](CC[C@@H]3C[C@@H](O[Si](C)(C)C(C)(C)C)CC(O)O3)[C@H]2[C@@H](OC(=O)C2(C)CCCC2)C1. The molecule has 1 aliphatic heterocycles. The van der Waals surface area contributed by atoms with Crippen LogP contribution in [0.1, 0.15) is 99.3 Å². The first-order valence-electron chi connectivity index (χ1n) is 15.3. The lowest BCUT2D eigenvalue weighted by Gasteiger charge is -2.45. The Morgan fingerprint density at radius 3 is 2.47 bits per heavy atom. The Morgan fingerprint density at radius 2 is 1.82 bits per heavy atom. The van der Waals surface area contributed by atoms with Crippen LogP contribution in [-0.4, -0.2) is 44.0 Å². The maximum atomic E-state index is 13.3. The molecular formula is C32H54O5Si. The normalized spacial score (nSPS) is 37.4. The zero-order chi connectivity index (χ0) is 27.9. The summed E-state index contributed by atoms with van der Waals surface area (Å²) in [5, 5.41) is 10.7. The van der Waals surface area contributed by atoms with E-state index in [1.54, 1.807) is 0 Å². The fourth-order valence-corrected chi connectivity index (χ4v) is 8.44. The van der Waals surface area contributed by atoms with E-state index >= 15 is 0 Å². The van der Waals surface area contributed by atoms with E-state index in [2.05, 4.69) is 72.9 Å². The molecule has 3 aliphatic carbocycles. The molecule has 1 heterocycles. The van der Waals surface area contributed by atoms with E-state index in [9.17, 15) is 9.90 Å². The fraction of sp³-hybridized carbons (Fsp3) is 0.844. The summed E-state index contributed by atoms with van der Waals surface area (Å²) in [5.41, 5.74) is 1.02. The second kappa shape index (κ2) is 11.5. The molecule has 8 atom stereocenters. The van der Waals surface area contributed by atoms with E-state index in [0.29, 0.717) is 24.2 Å². The number of ether oxygens (including phenoxy) is 2. The highest BCUT2D eigenvalue weighted by atomic mass is 28.4. The lowest BCUT2D eigenvalue weighted by molar-refractivity contribution is -0.189. The highest BCUT2D eigenvalue weighted by Gasteiger charge is 2.46. The third kappa shape index (κ3) is 6.67. The molecule has 1 unspecified atom stereocenters. The largest absolute Gasteiger partial charge is 0.461 e. The number of allylic oxidation sites excluding steroid dienone is 3. The molecule has 5 nitrogen and oxygen atoms in total. The molecule has 0 aromatic rings. The Kier molecular flexibility index (Phi) is 9.08. The van der Waals surface area contributed by atoms with Crippen molar-refractivity contribution in [1.29, 1.82) is 0 Å². The van der Waals surface area contributed by atoms with Gasteiger partial charge in [-0.1, -0.05) is 65.7 Å². The van der Waals surface area contributed by atoms with Crippen molar-refractivity contribution in [3.63, 3.8) is 0 Å². The van der Waals surface area contributed by atoms with E-state index in [1.165, 1.54) is 5.57 Å². The van der Waals surface area contributed by atoms with E-state index in [0.717, 1.165) is 51.4 Å². The number of rotatable bonds is 7. The van der Waals surface area contributed by atoms with Gasteiger partial charge in [0.2, 0.25) is 0 Å². The summed E-state index contributed by atoms with van der Waals surface area (Å²) in [6, 6.07) is 0. The van der Waals surface area contributed by atoms with Crippen LogP contribution in [0.2, 0.25) is 18.1 Å². The van der Waals surface area contributed by atoms with Crippen LogP contribution in [0, 0.1) is 29.1 Å². The molecule has 2 fully saturated rings. The summed E-state index contributed by atoms with van der Waals surface area (Å²) in [4.78, 5) is 13.3. The molecule has 1 saturated heterocycles. The number of hydrogen-bond donors (Lipinski definition) is 1. The summed E-state index contributed by atoms with van der Waals surface area (Å²) < 4.78 is 19.1. The van der Waals surface area contributed by atoms with E-state index in [4.69, 9.17) is 13.9 Å². The summed E-state index contributed by atoms with van der Waals surface area (Å²) in [6.07, 6.45) is 14.5. The first-order chi connectivity index (χ1) is 17.7.